The molecule has 0 aromatic heterocycles. The highest BCUT2D eigenvalue weighted by molar-refractivity contribution is 7.80. The second-order valence-electron chi connectivity index (χ2n) is 4.38. The van der Waals surface area contributed by atoms with E-state index < -0.39 is 11.1 Å². The largest absolute Gasteiger partial charge is 0.274 e. The molecule has 2 aromatic carbocycles. The topological polar surface area (TPSA) is 26.3 Å². The highest BCUT2D eigenvalue weighted by Gasteiger charge is 2.02. The zero-order chi connectivity index (χ0) is 14.9. The lowest BCUT2D eigenvalue weighted by molar-refractivity contribution is 0.402. The minimum Gasteiger partial charge on any atom is -0.274 e. The Hall–Kier alpha value is -2.15. The minimum absolute atomic E-state index is 0.139. The van der Waals surface area contributed by atoms with Crippen LogP contribution in [0.15, 0.2) is 65.6 Å². The summed E-state index contributed by atoms with van der Waals surface area (Å²) in [6.07, 6.45) is 3.68. The molecule has 0 aliphatic heterocycles. The summed E-state index contributed by atoms with van der Waals surface area (Å²) >= 11 is -1.46. The van der Waals surface area contributed by atoms with Gasteiger partial charge in [0.05, 0.1) is 4.90 Å². The van der Waals surface area contributed by atoms with Crippen LogP contribution in [-0.4, -0.2) is 10.8 Å². The van der Waals surface area contributed by atoms with Gasteiger partial charge in [-0.15, -0.1) is 0 Å². The number of aryl methyl sites for hydroxylation is 1. The van der Waals surface area contributed by atoms with Crippen LogP contribution in [0, 0.1) is 18.8 Å². The van der Waals surface area contributed by atoms with Crippen LogP contribution >= 0.6 is 0 Å². The van der Waals surface area contributed by atoms with E-state index in [0.717, 1.165) is 11.1 Å². The molecule has 0 heterocycles. The molecule has 0 amide bonds. The van der Waals surface area contributed by atoms with Crippen LogP contribution in [0.3, 0.4) is 0 Å². The molecule has 0 aliphatic rings. The third-order valence-electron chi connectivity index (χ3n) is 2.71. The Morgan fingerprint density at radius 3 is 2.52 bits per heavy atom. The van der Waals surface area contributed by atoms with Crippen molar-refractivity contribution in [1.29, 1.82) is 0 Å². The Balaban J connectivity index is 1.79. The Bertz CT molecular complexity index is 677. The van der Waals surface area contributed by atoms with E-state index in [1.807, 2.05) is 55.5 Å². The molecule has 0 unspecified atom stereocenters. The molecule has 2 nitrogen and oxygen atoms in total. The van der Waals surface area contributed by atoms with Gasteiger partial charge < -0.3 is 0 Å². The Labute approximate surface area is 128 Å². The van der Waals surface area contributed by atoms with Crippen molar-refractivity contribution in [3.8, 4) is 11.8 Å². The molecule has 3 heteroatoms. The van der Waals surface area contributed by atoms with Crippen molar-refractivity contribution in [2.75, 3.05) is 6.61 Å². The molecule has 2 rings (SSSR count). The predicted octanol–water partition coefficient (Wildman–Crippen LogP) is 3.75. The van der Waals surface area contributed by atoms with Gasteiger partial charge in [-0.2, -0.15) is 0 Å². The van der Waals surface area contributed by atoms with Crippen LogP contribution in [0.1, 0.15) is 11.1 Å². The van der Waals surface area contributed by atoms with E-state index >= 15 is 0 Å². The van der Waals surface area contributed by atoms with Gasteiger partial charge in [0.25, 0.3) is 0 Å². The lowest BCUT2D eigenvalue weighted by atomic mass is 10.2. The van der Waals surface area contributed by atoms with Crippen LogP contribution in [-0.2, 0) is 15.3 Å². The molecule has 0 saturated heterocycles. The fourth-order valence-corrected chi connectivity index (χ4v) is 2.26. The number of hydrogen-bond donors (Lipinski definition) is 0. The second-order valence-corrected chi connectivity index (χ2v) is 5.55. The van der Waals surface area contributed by atoms with Gasteiger partial charge >= 0.3 is 0 Å². The van der Waals surface area contributed by atoms with Crippen molar-refractivity contribution < 1.29 is 8.39 Å². The fourth-order valence-electron chi connectivity index (χ4n) is 1.60. The van der Waals surface area contributed by atoms with Crippen molar-refractivity contribution in [2.45, 2.75) is 11.8 Å². The van der Waals surface area contributed by atoms with E-state index in [9.17, 15) is 4.21 Å². The molecule has 0 aliphatic carbocycles. The maximum Gasteiger partial charge on any atom is 0.190 e. The van der Waals surface area contributed by atoms with Crippen LogP contribution in [0.25, 0.3) is 6.08 Å². The normalized spacial score (nSPS) is 11.9. The molecule has 0 spiro atoms. The van der Waals surface area contributed by atoms with Crippen molar-refractivity contribution in [3.63, 3.8) is 0 Å². The van der Waals surface area contributed by atoms with Gasteiger partial charge in [-0.25, -0.2) is 4.21 Å². The molecule has 21 heavy (non-hydrogen) atoms. The maximum atomic E-state index is 11.8. The van der Waals surface area contributed by atoms with Gasteiger partial charge in [0, 0.05) is 0 Å². The second kappa shape index (κ2) is 8.21. The van der Waals surface area contributed by atoms with Crippen LogP contribution in [0.5, 0.6) is 0 Å². The van der Waals surface area contributed by atoms with Crippen molar-refractivity contribution in [1.82, 2.24) is 0 Å². The average molecular weight is 296 g/mol. The molecule has 0 fully saturated rings. The van der Waals surface area contributed by atoms with E-state index in [1.165, 1.54) is 0 Å². The summed E-state index contributed by atoms with van der Waals surface area (Å²) in [7, 11) is 0. The predicted molar refractivity (Wildman–Crippen MR) is 86.8 cm³/mol. The van der Waals surface area contributed by atoms with Crippen molar-refractivity contribution in [2.24, 2.45) is 0 Å². The van der Waals surface area contributed by atoms with Crippen LogP contribution < -0.4 is 0 Å². The maximum absolute atomic E-state index is 11.8. The first kappa shape index (κ1) is 15.2. The highest BCUT2D eigenvalue weighted by atomic mass is 32.2. The third kappa shape index (κ3) is 5.39. The Morgan fingerprint density at radius 2 is 1.81 bits per heavy atom. The Morgan fingerprint density at radius 1 is 1.10 bits per heavy atom. The summed E-state index contributed by atoms with van der Waals surface area (Å²) in [5.74, 6) is 5.68. The summed E-state index contributed by atoms with van der Waals surface area (Å²) in [4.78, 5) is 0.655. The molecular formula is C18H16O2S. The molecular weight excluding hydrogens is 280 g/mol. The van der Waals surface area contributed by atoms with Crippen molar-refractivity contribution in [3.05, 3.63) is 71.8 Å². The summed E-state index contributed by atoms with van der Waals surface area (Å²) in [6.45, 7) is 2.12. The number of benzene rings is 2. The van der Waals surface area contributed by atoms with Crippen LogP contribution in [0.4, 0.5) is 0 Å². The summed E-state index contributed by atoms with van der Waals surface area (Å²) in [5, 5.41) is 0. The number of rotatable bonds is 4. The van der Waals surface area contributed by atoms with Gasteiger partial charge in [-0.1, -0.05) is 59.9 Å². The molecule has 0 saturated carbocycles. The van der Waals surface area contributed by atoms with Crippen LogP contribution in [0.2, 0.25) is 0 Å². The molecule has 0 radical (unpaired) electrons. The smallest absolute Gasteiger partial charge is 0.190 e. The minimum atomic E-state index is -1.46. The SMILES string of the molecule is Cc1ccc([S@@](=O)OCC#C/C=C/c2ccccc2)cc1. The molecule has 0 bridgehead atoms. The first-order chi connectivity index (χ1) is 10.3. The van der Waals surface area contributed by atoms with Gasteiger partial charge in [0.15, 0.2) is 11.1 Å². The Kier molecular flexibility index (Phi) is 5.96. The monoisotopic (exact) mass is 296 g/mol. The number of allylic oxidation sites excluding steroid dienone is 1. The van der Waals surface area contributed by atoms with E-state index in [-0.39, 0.29) is 6.61 Å². The first-order valence-electron chi connectivity index (χ1n) is 6.57. The molecule has 1 atom stereocenters. The zero-order valence-corrected chi connectivity index (χ0v) is 12.6. The molecule has 2 aromatic rings. The van der Waals surface area contributed by atoms with E-state index in [2.05, 4.69) is 11.8 Å². The van der Waals surface area contributed by atoms with Crippen molar-refractivity contribution >= 4 is 17.2 Å². The summed E-state index contributed by atoms with van der Waals surface area (Å²) < 4.78 is 17.0. The summed E-state index contributed by atoms with van der Waals surface area (Å²) in [5.41, 5.74) is 2.22. The summed E-state index contributed by atoms with van der Waals surface area (Å²) in [6, 6.07) is 17.3. The molecule has 0 N–H and O–H groups in total. The third-order valence-corrected chi connectivity index (χ3v) is 3.70. The van der Waals surface area contributed by atoms with E-state index in [1.54, 1.807) is 18.2 Å². The van der Waals surface area contributed by atoms with E-state index in [4.69, 9.17) is 4.18 Å². The fraction of sp³-hybridized carbons (Fsp3) is 0.111. The van der Waals surface area contributed by atoms with Gasteiger partial charge in [0.1, 0.15) is 6.61 Å². The van der Waals surface area contributed by atoms with Gasteiger partial charge in [0.2, 0.25) is 0 Å². The zero-order valence-electron chi connectivity index (χ0n) is 11.8. The van der Waals surface area contributed by atoms with Gasteiger partial charge in [-0.3, -0.25) is 4.18 Å². The first-order valence-corrected chi connectivity index (χ1v) is 7.65. The quantitative estimate of drug-likeness (QED) is 0.803. The standard InChI is InChI=1S/C18H16O2S/c1-16-11-13-18(14-12-16)21(19)20-15-7-3-6-10-17-8-4-2-5-9-17/h2,4-6,8-14H,15H2,1H3/b10-6+/t21-/m0/s1. The lowest BCUT2D eigenvalue weighted by Gasteiger charge is -2.00. The van der Waals surface area contributed by atoms with E-state index in [0.29, 0.717) is 4.90 Å². The number of hydrogen-bond acceptors (Lipinski definition) is 2. The highest BCUT2D eigenvalue weighted by Crippen LogP contribution is 2.08. The molecule has 106 valence electrons. The average Bonchev–Trinajstić information content (AvgIpc) is 2.52. The van der Waals surface area contributed by atoms with Gasteiger partial charge in [-0.05, 0) is 36.8 Å². The lowest BCUT2D eigenvalue weighted by Crippen LogP contribution is -1.98.